The number of benzene rings is 2. The molecule has 0 aliphatic carbocycles. The van der Waals surface area contributed by atoms with Crippen LogP contribution in [0.25, 0.3) is 0 Å². The molecule has 4 amide bonds. The van der Waals surface area contributed by atoms with Crippen molar-refractivity contribution in [1.82, 2.24) is 9.80 Å². The molecule has 0 aromatic heterocycles. The number of primary amides is 2. The van der Waals surface area contributed by atoms with E-state index in [-0.39, 0.29) is 51.1 Å². The van der Waals surface area contributed by atoms with Crippen LogP contribution in [0.4, 0.5) is 9.59 Å². The fourth-order valence-corrected chi connectivity index (χ4v) is 4.20. The maximum Gasteiger partial charge on any atom is 1.00 e. The minimum atomic E-state index is -0.603. The molecule has 5 N–H and O–H groups in total. The summed E-state index contributed by atoms with van der Waals surface area (Å²) in [7, 11) is 6.55. The van der Waals surface area contributed by atoms with E-state index in [1.165, 1.54) is 9.80 Å². The Morgan fingerprint density at radius 3 is 1.29 bits per heavy atom. The molecule has 0 saturated carbocycles. The van der Waals surface area contributed by atoms with Gasteiger partial charge >= 0.3 is 29.6 Å². The summed E-state index contributed by atoms with van der Waals surface area (Å²) in [5.74, 6) is -1.06. The van der Waals surface area contributed by atoms with Gasteiger partial charge in [0.05, 0.1) is 0 Å². The second-order valence-corrected chi connectivity index (χ2v) is 9.77. The largest absolute Gasteiger partial charge is 1.00 e. The molecule has 0 spiro atoms. The first kappa shape index (κ1) is 34.8. The first-order valence-electron chi connectivity index (χ1n) is 8.86. The van der Waals surface area contributed by atoms with E-state index in [2.05, 4.69) is 25.3 Å². The minimum Gasteiger partial charge on any atom is -0.870 e. The molecule has 34 heavy (non-hydrogen) atoms. The summed E-state index contributed by atoms with van der Waals surface area (Å²) in [6.45, 7) is 0. The van der Waals surface area contributed by atoms with Crippen LogP contribution in [0.5, 0.6) is 0 Å². The maximum absolute atomic E-state index is 11.7. The first-order valence-corrected chi connectivity index (χ1v) is 11.4. The van der Waals surface area contributed by atoms with Gasteiger partial charge in [-0.25, -0.2) is 0 Å². The zero-order chi connectivity index (χ0) is 24.6. The molecular formula is C20H25N4NaO5S4. The number of thioether (sulfide) groups is 2. The van der Waals surface area contributed by atoms with Gasteiger partial charge in [-0.1, -0.05) is 0 Å². The Labute approximate surface area is 240 Å². The maximum atomic E-state index is 11.7. The van der Waals surface area contributed by atoms with Crippen LogP contribution in [0.2, 0.25) is 0 Å². The Morgan fingerprint density at radius 2 is 1.00 bits per heavy atom. The van der Waals surface area contributed by atoms with E-state index in [0.29, 0.717) is 25.1 Å². The van der Waals surface area contributed by atoms with Crippen LogP contribution >= 0.6 is 48.8 Å². The standard InChI is InChI=1S/C13H17N3O3S2.C7H7NOS2.Na.H2O/c1-15(2)12(18)20-9-5-8(11(14)17)6-10(7-9)21-13(19)16(3)4;8-7(9)4-1-5(10)3-6(11)2-4;;/h5-7H,1-4H3,(H2,14,17);1-3,10-11H,(H2,8,9);;1H2/q;;+1;/p-1. The first-order chi connectivity index (χ1) is 14.8. The molecule has 0 atom stereocenters. The molecule has 9 nitrogen and oxygen atoms in total. The predicted octanol–water partition coefficient (Wildman–Crippen LogP) is 0.523. The smallest absolute Gasteiger partial charge is 0.870 e. The van der Waals surface area contributed by atoms with Crippen LogP contribution in [0, 0.1) is 0 Å². The number of carbonyl (C=O) groups excluding carboxylic acids is 4. The van der Waals surface area contributed by atoms with E-state index in [0.717, 1.165) is 23.5 Å². The quantitative estimate of drug-likeness (QED) is 0.245. The Kier molecular flexibility index (Phi) is 16.8. The molecule has 0 radical (unpaired) electrons. The van der Waals surface area contributed by atoms with Gasteiger partial charge < -0.3 is 26.7 Å². The SMILES string of the molecule is CN(C)C(=O)Sc1cc(SC(=O)N(C)C)cc(C(N)=O)c1.NC(=O)c1cc(S)cc(S)c1.[Na+].[OH-]. The number of hydrogen-bond acceptors (Lipinski definition) is 9. The molecule has 14 heteroatoms. The molecule has 0 fully saturated rings. The van der Waals surface area contributed by atoms with E-state index >= 15 is 0 Å². The number of rotatable bonds is 4. The summed E-state index contributed by atoms with van der Waals surface area (Å²) >= 11 is 10.1. The van der Waals surface area contributed by atoms with Crippen molar-refractivity contribution in [1.29, 1.82) is 0 Å². The Morgan fingerprint density at radius 1 is 0.676 bits per heavy atom. The number of amides is 4. The molecule has 2 rings (SSSR count). The predicted molar refractivity (Wildman–Crippen MR) is 136 cm³/mol. The van der Waals surface area contributed by atoms with Crippen molar-refractivity contribution in [3.63, 3.8) is 0 Å². The molecule has 0 aliphatic rings. The van der Waals surface area contributed by atoms with Crippen LogP contribution < -0.4 is 41.0 Å². The average Bonchev–Trinajstić information content (AvgIpc) is 2.67. The monoisotopic (exact) mass is 552 g/mol. The third-order valence-corrected chi connectivity index (χ3v) is 6.03. The summed E-state index contributed by atoms with van der Waals surface area (Å²) in [6.07, 6.45) is 0. The minimum absolute atomic E-state index is 0. The van der Waals surface area contributed by atoms with Crippen molar-refractivity contribution >= 4 is 71.1 Å². The molecule has 2 aromatic carbocycles. The molecule has 0 saturated heterocycles. The zero-order valence-electron chi connectivity index (χ0n) is 19.3. The second kappa shape index (κ2) is 16.4. The molecule has 0 aliphatic heterocycles. The summed E-state index contributed by atoms with van der Waals surface area (Å²) in [5, 5.41) is -0.349. The van der Waals surface area contributed by atoms with Crippen LogP contribution in [-0.2, 0) is 0 Å². The number of carbonyl (C=O) groups is 4. The topological polar surface area (TPSA) is 157 Å². The van der Waals surface area contributed by atoms with Crippen LogP contribution in [0.15, 0.2) is 56.0 Å². The van der Waals surface area contributed by atoms with Crippen molar-refractivity contribution in [2.45, 2.75) is 19.6 Å². The summed E-state index contributed by atoms with van der Waals surface area (Å²) < 4.78 is 0. The van der Waals surface area contributed by atoms with Crippen molar-refractivity contribution < 1.29 is 54.2 Å². The van der Waals surface area contributed by atoms with Gasteiger partial charge in [-0.15, -0.1) is 25.3 Å². The summed E-state index contributed by atoms with van der Waals surface area (Å²) in [6, 6.07) is 9.71. The van der Waals surface area contributed by atoms with Gasteiger partial charge in [0.1, 0.15) is 0 Å². The zero-order valence-corrected chi connectivity index (χ0v) is 24.7. The van der Waals surface area contributed by atoms with E-state index in [1.807, 2.05) is 0 Å². The van der Waals surface area contributed by atoms with Gasteiger partial charge in [-0.3, -0.25) is 19.2 Å². The number of nitrogens with two attached hydrogens (primary N) is 2. The fourth-order valence-electron chi connectivity index (χ4n) is 1.95. The van der Waals surface area contributed by atoms with Crippen molar-refractivity contribution in [2.75, 3.05) is 28.2 Å². The third kappa shape index (κ3) is 12.4. The van der Waals surface area contributed by atoms with Crippen molar-refractivity contribution in [2.24, 2.45) is 11.5 Å². The Hall–Kier alpha value is -1.32. The molecular weight excluding hydrogens is 528 g/mol. The molecule has 180 valence electrons. The van der Waals surface area contributed by atoms with Crippen LogP contribution in [-0.4, -0.2) is 65.8 Å². The molecule has 2 aromatic rings. The Bertz CT molecular complexity index is 978. The van der Waals surface area contributed by atoms with Gasteiger partial charge in [0.25, 0.3) is 10.5 Å². The van der Waals surface area contributed by atoms with Gasteiger partial charge in [0.15, 0.2) is 0 Å². The van der Waals surface area contributed by atoms with Crippen molar-refractivity contribution in [3.05, 3.63) is 47.5 Å². The normalized spacial score (nSPS) is 9.35. The number of thiol groups is 2. The molecule has 0 bridgehead atoms. The van der Waals surface area contributed by atoms with E-state index < -0.39 is 11.8 Å². The van der Waals surface area contributed by atoms with Crippen LogP contribution in [0.1, 0.15) is 20.7 Å². The van der Waals surface area contributed by atoms with E-state index in [1.54, 1.807) is 64.6 Å². The summed E-state index contributed by atoms with van der Waals surface area (Å²) in [5.41, 5.74) is 11.0. The van der Waals surface area contributed by atoms with E-state index in [9.17, 15) is 19.2 Å². The molecule has 0 unspecified atom stereocenters. The van der Waals surface area contributed by atoms with Gasteiger partial charge in [0.2, 0.25) is 11.8 Å². The van der Waals surface area contributed by atoms with Gasteiger partial charge in [-0.05, 0) is 59.9 Å². The van der Waals surface area contributed by atoms with Gasteiger partial charge in [-0.2, -0.15) is 0 Å². The van der Waals surface area contributed by atoms with Crippen LogP contribution in [0.3, 0.4) is 0 Å². The molecule has 0 heterocycles. The van der Waals surface area contributed by atoms with Gasteiger partial charge in [0, 0.05) is 58.9 Å². The average molecular weight is 553 g/mol. The Balaban J connectivity index is 0. The number of hydrogen-bond donors (Lipinski definition) is 4. The fraction of sp³-hybridized carbons (Fsp3) is 0.200. The van der Waals surface area contributed by atoms with E-state index in [4.69, 9.17) is 11.5 Å². The summed E-state index contributed by atoms with van der Waals surface area (Å²) in [4.78, 5) is 50.8. The van der Waals surface area contributed by atoms with Crippen molar-refractivity contribution in [3.8, 4) is 0 Å². The number of nitrogens with zero attached hydrogens (tertiary/aromatic N) is 2. The second-order valence-electron chi connectivity index (χ2n) is 6.68. The third-order valence-electron chi connectivity index (χ3n) is 3.49.